The zero-order valence-corrected chi connectivity index (χ0v) is 15.5. The van der Waals surface area contributed by atoms with Gasteiger partial charge in [-0.2, -0.15) is 4.31 Å². The van der Waals surface area contributed by atoms with E-state index < -0.39 is 22.0 Å². The highest BCUT2D eigenvalue weighted by molar-refractivity contribution is 7.89. The standard InChI is InChI=1S/C16H23ClN2O4S/c1-12(20)11-18(2)16(21)14-10-13(6-7-15(14)17)24(22,23)19-8-4-3-5-9-19/h6-7,10,12,20H,3-5,8-9,11H2,1-2H3. The highest BCUT2D eigenvalue weighted by Gasteiger charge is 2.27. The van der Waals surface area contributed by atoms with Crippen LogP contribution in [0.25, 0.3) is 0 Å². The Morgan fingerprint density at radius 3 is 2.54 bits per heavy atom. The molecule has 0 aliphatic carbocycles. The van der Waals surface area contributed by atoms with Crippen LogP contribution in [0.1, 0.15) is 36.5 Å². The predicted molar refractivity (Wildman–Crippen MR) is 92.7 cm³/mol. The van der Waals surface area contributed by atoms with Gasteiger partial charge in [0.2, 0.25) is 10.0 Å². The first-order chi connectivity index (χ1) is 11.2. The van der Waals surface area contributed by atoms with E-state index in [1.54, 1.807) is 6.92 Å². The Kier molecular flexibility index (Phi) is 6.25. The van der Waals surface area contributed by atoms with Gasteiger partial charge in [-0.05, 0) is 38.0 Å². The van der Waals surface area contributed by atoms with Crippen LogP contribution in [-0.2, 0) is 10.0 Å². The molecule has 24 heavy (non-hydrogen) atoms. The highest BCUT2D eigenvalue weighted by atomic mass is 35.5. The van der Waals surface area contributed by atoms with Crippen LogP contribution in [0, 0.1) is 0 Å². The lowest BCUT2D eigenvalue weighted by molar-refractivity contribution is 0.0703. The number of benzene rings is 1. The molecule has 1 atom stereocenters. The number of carbonyl (C=O) groups excluding carboxylic acids is 1. The van der Waals surface area contributed by atoms with Crippen molar-refractivity contribution in [3.63, 3.8) is 0 Å². The van der Waals surface area contributed by atoms with Gasteiger partial charge in [0.1, 0.15) is 0 Å². The smallest absolute Gasteiger partial charge is 0.255 e. The molecule has 1 aliphatic rings. The third kappa shape index (κ3) is 4.27. The summed E-state index contributed by atoms with van der Waals surface area (Å²) in [5.41, 5.74) is 0.123. The fraction of sp³-hybridized carbons (Fsp3) is 0.562. The zero-order chi connectivity index (χ0) is 17.9. The molecular formula is C16H23ClN2O4S. The van der Waals surface area contributed by atoms with Crippen LogP contribution < -0.4 is 0 Å². The van der Waals surface area contributed by atoms with E-state index in [0.717, 1.165) is 19.3 Å². The number of nitrogens with zero attached hydrogens (tertiary/aromatic N) is 2. The molecule has 0 bridgehead atoms. The molecule has 1 unspecified atom stereocenters. The first-order valence-electron chi connectivity index (χ1n) is 7.96. The molecule has 8 heteroatoms. The number of amides is 1. The number of hydrogen-bond donors (Lipinski definition) is 1. The largest absolute Gasteiger partial charge is 0.392 e. The van der Waals surface area contributed by atoms with Crippen molar-refractivity contribution in [2.24, 2.45) is 0 Å². The van der Waals surface area contributed by atoms with E-state index in [-0.39, 0.29) is 22.0 Å². The first-order valence-corrected chi connectivity index (χ1v) is 9.78. The number of halogens is 1. The van der Waals surface area contributed by atoms with Crippen molar-refractivity contribution in [1.29, 1.82) is 0 Å². The van der Waals surface area contributed by atoms with Crippen LogP contribution >= 0.6 is 11.6 Å². The van der Waals surface area contributed by atoms with E-state index >= 15 is 0 Å². The summed E-state index contributed by atoms with van der Waals surface area (Å²) in [6.45, 7) is 2.70. The SMILES string of the molecule is CC(O)CN(C)C(=O)c1cc(S(=O)(=O)N2CCCCC2)ccc1Cl. The summed E-state index contributed by atoms with van der Waals surface area (Å²) in [6.07, 6.45) is 2.03. The van der Waals surface area contributed by atoms with Crippen molar-refractivity contribution < 1.29 is 18.3 Å². The predicted octanol–water partition coefficient (Wildman–Crippen LogP) is 1.97. The molecule has 0 radical (unpaired) electrons. The second-order valence-corrected chi connectivity index (χ2v) is 8.49. The summed E-state index contributed by atoms with van der Waals surface area (Å²) in [5, 5.41) is 9.60. The molecule has 0 spiro atoms. The molecule has 1 aliphatic heterocycles. The summed E-state index contributed by atoms with van der Waals surface area (Å²) in [4.78, 5) is 13.9. The van der Waals surface area contributed by atoms with Crippen molar-refractivity contribution >= 4 is 27.5 Å². The Balaban J connectivity index is 2.32. The summed E-state index contributed by atoms with van der Waals surface area (Å²) >= 11 is 6.09. The van der Waals surface area contributed by atoms with E-state index in [2.05, 4.69) is 0 Å². The number of rotatable bonds is 5. The lowest BCUT2D eigenvalue weighted by atomic mass is 10.2. The minimum Gasteiger partial charge on any atom is -0.392 e. The van der Waals surface area contributed by atoms with Gasteiger partial charge in [-0.3, -0.25) is 4.79 Å². The minimum atomic E-state index is -3.63. The topological polar surface area (TPSA) is 77.9 Å². The van der Waals surface area contributed by atoms with Crippen LogP contribution in [-0.4, -0.2) is 61.4 Å². The maximum atomic E-state index is 12.7. The van der Waals surface area contributed by atoms with Crippen molar-refractivity contribution in [2.75, 3.05) is 26.7 Å². The Labute approximate surface area is 148 Å². The van der Waals surface area contributed by atoms with Crippen molar-refractivity contribution in [2.45, 2.75) is 37.2 Å². The molecule has 1 amide bonds. The average molecular weight is 375 g/mol. The molecule has 0 aromatic heterocycles. The number of likely N-dealkylation sites (N-methyl/N-ethyl adjacent to an activating group) is 1. The third-order valence-electron chi connectivity index (χ3n) is 4.01. The maximum absolute atomic E-state index is 12.7. The summed E-state index contributed by atoms with van der Waals surface area (Å²) in [7, 11) is -2.09. The molecule has 1 saturated heterocycles. The van der Waals surface area contributed by atoms with E-state index in [0.29, 0.717) is 13.1 Å². The van der Waals surface area contributed by atoms with Crippen LogP contribution in [0.3, 0.4) is 0 Å². The number of piperidine rings is 1. The second-order valence-electron chi connectivity index (χ2n) is 6.14. The van der Waals surface area contributed by atoms with Crippen LogP contribution in [0.4, 0.5) is 0 Å². The first kappa shape index (κ1) is 19.2. The number of hydrogen-bond acceptors (Lipinski definition) is 4. The summed E-state index contributed by atoms with van der Waals surface area (Å²) < 4.78 is 26.9. The van der Waals surface area contributed by atoms with Gasteiger partial charge in [-0.15, -0.1) is 0 Å². The molecule has 6 nitrogen and oxygen atoms in total. The monoisotopic (exact) mass is 374 g/mol. The van der Waals surface area contributed by atoms with Crippen LogP contribution in [0.2, 0.25) is 5.02 Å². The molecule has 1 fully saturated rings. The zero-order valence-electron chi connectivity index (χ0n) is 13.9. The summed E-state index contributed by atoms with van der Waals surface area (Å²) in [5.74, 6) is -0.420. The quantitative estimate of drug-likeness (QED) is 0.854. The normalized spacial score (nSPS) is 17.5. The summed E-state index contributed by atoms with van der Waals surface area (Å²) in [6, 6.07) is 4.19. The van der Waals surface area contributed by atoms with Gasteiger partial charge in [-0.1, -0.05) is 18.0 Å². The molecular weight excluding hydrogens is 352 g/mol. The van der Waals surface area contributed by atoms with Gasteiger partial charge in [0.25, 0.3) is 5.91 Å². The van der Waals surface area contributed by atoms with Crippen molar-refractivity contribution in [3.8, 4) is 0 Å². The Morgan fingerprint density at radius 1 is 1.33 bits per heavy atom. The molecule has 1 aromatic carbocycles. The number of carbonyl (C=O) groups is 1. The number of aliphatic hydroxyl groups excluding tert-OH is 1. The minimum absolute atomic E-state index is 0.0718. The van der Waals surface area contributed by atoms with Crippen molar-refractivity contribution in [3.05, 3.63) is 28.8 Å². The molecule has 1 aromatic rings. The van der Waals surface area contributed by atoms with E-state index in [4.69, 9.17) is 11.6 Å². The lowest BCUT2D eigenvalue weighted by Crippen LogP contribution is -2.36. The second kappa shape index (κ2) is 7.82. The van der Waals surface area contributed by atoms with Gasteiger partial charge in [0.15, 0.2) is 0 Å². The Hall–Kier alpha value is -1.15. The van der Waals surface area contributed by atoms with Crippen molar-refractivity contribution in [1.82, 2.24) is 9.21 Å². The highest BCUT2D eigenvalue weighted by Crippen LogP contribution is 2.25. The lowest BCUT2D eigenvalue weighted by Gasteiger charge is -2.26. The van der Waals surface area contributed by atoms with E-state index in [1.165, 1.54) is 34.5 Å². The molecule has 1 heterocycles. The average Bonchev–Trinajstić information content (AvgIpc) is 2.54. The molecule has 2 rings (SSSR count). The fourth-order valence-corrected chi connectivity index (χ4v) is 4.51. The third-order valence-corrected chi connectivity index (χ3v) is 6.23. The Bertz CT molecular complexity index is 700. The number of sulfonamides is 1. The van der Waals surface area contributed by atoms with Crippen LogP contribution in [0.15, 0.2) is 23.1 Å². The van der Waals surface area contributed by atoms with Gasteiger partial charge in [0, 0.05) is 26.7 Å². The molecule has 1 N–H and O–H groups in total. The van der Waals surface area contributed by atoms with Gasteiger partial charge in [0.05, 0.1) is 21.6 Å². The van der Waals surface area contributed by atoms with E-state index in [9.17, 15) is 18.3 Å². The van der Waals surface area contributed by atoms with E-state index in [1.807, 2.05) is 0 Å². The fourth-order valence-electron chi connectivity index (χ4n) is 2.77. The maximum Gasteiger partial charge on any atom is 0.255 e. The molecule has 0 saturated carbocycles. The van der Waals surface area contributed by atoms with Crippen LogP contribution in [0.5, 0.6) is 0 Å². The van der Waals surface area contributed by atoms with Gasteiger partial charge in [-0.25, -0.2) is 8.42 Å². The van der Waals surface area contributed by atoms with Gasteiger partial charge >= 0.3 is 0 Å². The molecule has 134 valence electrons. The number of aliphatic hydroxyl groups is 1. The van der Waals surface area contributed by atoms with Gasteiger partial charge < -0.3 is 10.0 Å². The Morgan fingerprint density at radius 2 is 1.96 bits per heavy atom.